The second-order valence-corrected chi connectivity index (χ2v) is 4.70. The Labute approximate surface area is 105 Å². The molecule has 4 heteroatoms. The molecule has 0 aliphatic heterocycles. The van der Waals surface area contributed by atoms with E-state index in [4.69, 9.17) is 16.7 Å². The van der Waals surface area contributed by atoms with Gasteiger partial charge in [-0.15, -0.1) is 0 Å². The number of hydrogen-bond acceptors (Lipinski definition) is 2. The first-order valence-electron chi connectivity index (χ1n) is 5.41. The lowest BCUT2D eigenvalue weighted by Gasteiger charge is -2.08. The fourth-order valence-electron chi connectivity index (χ4n) is 1.62. The van der Waals surface area contributed by atoms with E-state index in [9.17, 15) is 9.59 Å². The van der Waals surface area contributed by atoms with E-state index >= 15 is 0 Å². The van der Waals surface area contributed by atoms with Gasteiger partial charge in [-0.1, -0.05) is 18.5 Å². The summed E-state index contributed by atoms with van der Waals surface area (Å²) in [6.45, 7) is 3.59. The van der Waals surface area contributed by atoms with E-state index in [0.29, 0.717) is 10.6 Å². The topological polar surface area (TPSA) is 54.4 Å². The van der Waals surface area contributed by atoms with Crippen LogP contribution >= 0.6 is 11.6 Å². The van der Waals surface area contributed by atoms with Gasteiger partial charge in [-0.05, 0) is 36.6 Å². The highest BCUT2D eigenvalue weighted by molar-refractivity contribution is 6.31. The molecule has 17 heavy (non-hydrogen) atoms. The lowest BCUT2D eigenvalue weighted by atomic mass is 9.96. The molecule has 0 saturated heterocycles. The third-order valence-corrected chi connectivity index (χ3v) is 2.96. The van der Waals surface area contributed by atoms with Gasteiger partial charge in [0, 0.05) is 23.4 Å². The second-order valence-electron chi connectivity index (χ2n) is 4.29. The van der Waals surface area contributed by atoms with Crippen LogP contribution in [0.4, 0.5) is 0 Å². The number of rotatable bonds is 5. The van der Waals surface area contributed by atoms with E-state index in [1.54, 1.807) is 25.1 Å². The van der Waals surface area contributed by atoms with Gasteiger partial charge in [-0.2, -0.15) is 0 Å². The average Bonchev–Trinajstić information content (AvgIpc) is 2.20. The van der Waals surface area contributed by atoms with Crippen molar-refractivity contribution in [3.63, 3.8) is 0 Å². The molecule has 0 spiro atoms. The van der Waals surface area contributed by atoms with Gasteiger partial charge in [0.05, 0.1) is 0 Å². The summed E-state index contributed by atoms with van der Waals surface area (Å²) in [4.78, 5) is 22.4. The number of carbonyl (C=O) groups excluding carboxylic acids is 1. The first kappa shape index (κ1) is 13.7. The number of Topliss-reactive ketones (excluding diaryl/α,β-unsaturated/α-hetero) is 1. The maximum Gasteiger partial charge on any atom is 0.303 e. The summed E-state index contributed by atoms with van der Waals surface area (Å²) in [6.07, 6.45) is 0.256. The second kappa shape index (κ2) is 5.82. The van der Waals surface area contributed by atoms with Gasteiger partial charge in [0.15, 0.2) is 5.78 Å². The number of carboxylic acids is 1. The van der Waals surface area contributed by atoms with Gasteiger partial charge in [-0.3, -0.25) is 9.59 Å². The molecule has 0 saturated carbocycles. The van der Waals surface area contributed by atoms with E-state index in [0.717, 1.165) is 5.56 Å². The average molecular weight is 255 g/mol. The van der Waals surface area contributed by atoms with Crippen molar-refractivity contribution in [3.8, 4) is 0 Å². The molecule has 0 aliphatic rings. The van der Waals surface area contributed by atoms with E-state index < -0.39 is 5.97 Å². The minimum atomic E-state index is -0.877. The summed E-state index contributed by atoms with van der Waals surface area (Å²) in [7, 11) is 0. The molecule has 92 valence electrons. The molecule has 0 fully saturated rings. The predicted octanol–water partition coefficient (Wildman–Crippen LogP) is 3.33. The molecule has 0 bridgehead atoms. The Morgan fingerprint density at radius 3 is 2.53 bits per heavy atom. The van der Waals surface area contributed by atoms with Crippen molar-refractivity contribution in [1.29, 1.82) is 0 Å². The van der Waals surface area contributed by atoms with Gasteiger partial charge in [0.1, 0.15) is 0 Å². The Morgan fingerprint density at radius 2 is 2.00 bits per heavy atom. The van der Waals surface area contributed by atoms with Crippen LogP contribution < -0.4 is 0 Å². The first-order chi connectivity index (χ1) is 7.90. The summed E-state index contributed by atoms with van der Waals surface area (Å²) in [5.41, 5.74) is 1.44. The monoisotopic (exact) mass is 254 g/mol. The number of carboxylic acid groups (broad SMARTS) is 1. The zero-order chi connectivity index (χ0) is 13.0. The number of carbonyl (C=O) groups is 2. The molecular weight excluding hydrogens is 240 g/mol. The lowest BCUT2D eigenvalue weighted by Crippen LogP contribution is -2.10. The minimum Gasteiger partial charge on any atom is -0.481 e. The zero-order valence-electron chi connectivity index (χ0n) is 9.87. The highest BCUT2D eigenvalue weighted by Gasteiger charge is 2.14. The molecule has 0 aromatic heterocycles. The predicted molar refractivity (Wildman–Crippen MR) is 66.6 cm³/mol. The Hall–Kier alpha value is -1.35. The van der Waals surface area contributed by atoms with Crippen LogP contribution in [-0.4, -0.2) is 16.9 Å². The summed E-state index contributed by atoms with van der Waals surface area (Å²) in [6, 6.07) is 5.09. The lowest BCUT2D eigenvalue weighted by molar-refractivity contribution is -0.137. The van der Waals surface area contributed by atoms with Crippen molar-refractivity contribution < 1.29 is 14.7 Å². The van der Waals surface area contributed by atoms with Crippen LogP contribution in [0.1, 0.15) is 35.7 Å². The summed E-state index contributed by atoms with van der Waals surface area (Å²) >= 11 is 5.87. The van der Waals surface area contributed by atoms with Crippen LogP contribution in [0, 0.1) is 12.8 Å². The number of hydrogen-bond donors (Lipinski definition) is 1. The molecule has 0 heterocycles. The SMILES string of the molecule is Cc1cc(C(=O)C[C@@H](C)CC(=O)O)ccc1Cl. The van der Waals surface area contributed by atoms with Crippen LogP contribution in [0.15, 0.2) is 18.2 Å². The first-order valence-corrected chi connectivity index (χ1v) is 5.79. The third kappa shape index (κ3) is 4.19. The quantitative estimate of drug-likeness (QED) is 0.820. The molecule has 1 aromatic carbocycles. The van der Waals surface area contributed by atoms with Crippen molar-refractivity contribution in [1.82, 2.24) is 0 Å². The van der Waals surface area contributed by atoms with Crippen molar-refractivity contribution in [2.75, 3.05) is 0 Å². The van der Waals surface area contributed by atoms with Gasteiger partial charge >= 0.3 is 5.97 Å². The normalized spacial score (nSPS) is 12.2. The molecule has 0 unspecified atom stereocenters. The fourth-order valence-corrected chi connectivity index (χ4v) is 1.74. The van der Waals surface area contributed by atoms with Crippen LogP contribution in [0.3, 0.4) is 0 Å². The number of aliphatic carboxylic acids is 1. The molecule has 1 atom stereocenters. The van der Waals surface area contributed by atoms with Crippen molar-refractivity contribution in [2.45, 2.75) is 26.7 Å². The zero-order valence-corrected chi connectivity index (χ0v) is 10.6. The maximum atomic E-state index is 11.9. The molecule has 0 aliphatic carbocycles. The number of halogens is 1. The number of benzene rings is 1. The smallest absolute Gasteiger partial charge is 0.303 e. The molecule has 1 rings (SSSR count). The molecule has 0 radical (unpaired) electrons. The molecule has 1 aromatic rings. The molecule has 0 amide bonds. The maximum absolute atomic E-state index is 11.9. The molecular formula is C13H15ClO3. The van der Waals surface area contributed by atoms with Gasteiger partial charge in [0.2, 0.25) is 0 Å². The van der Waals surface area contributed by atoms with E-state index in [-0.39, 0.29) is 24.5 Å². The third-order valence-electron chi connectivity index (χ3n) is 2.54. The highest BCUT2D eigenvalue weighted by atomic mass is 35.5. The van der Waals surface area contributed by atoms with Crippen LogP contribution in [0.2, 0.25) is 5.02 Å². The Morgan fingerprint density at radius 1 is 1.35 bits per heavy atom. The van der Waals surface area contributed by atoms with E-state index in [1.165, 1.54) is 0 Å². The Balaban J connectivity index is 2.70. The summed E-state index contributed by atoms with van der Waals surface area (Å²) in [5, 5.41) is 9.24. The van der Waals surface area contributed by atoms with Crippen LogP contribution in [-0.2, 0) is 4.79 Å². The summed E-state index contributed by atoms with van der Waals surface area (Å²) < 4.78 is 0. The fraction of sp³-hybridized carbons (Fsp3) is 0.385. The van der Waals surface area contributed by atoms with Crippen LogP contribution in [0.5, 0.6) is 0 Å². The van der Waals surface area contributed by atoms with Gasteiger partial charge in [0.25, 0.3) is 0 Å². The van der Waals surface area contributed by atoms with Gasteiger partial charge < -0.3 is 5.11 Å². The van der Waals surface area contributed by atoms with Crippen LogP contribution in [0.25, 0.3) is 0 Å². The van der Waals surface area contributed by atoms with E-state index in [1.807, 2.05) is 6.92 Å². The largest absolute Gasteiger partial charge is 0.481 e. The number of ketones is 1. The van der Waals surface area contributed by atoms with Gasteiger partial charge in [-0.25, -0.2) is 0 Å². The van der Waals surface area contributed by atoms with Crippen molar-refractivity contribution >= 4 is 23.4 Å². The molecule has 3 nitrogen and oxygen atoms in total. The van der Waals surface area contributed by atoms with E-state index in [2.05, 4.69) is 0 Å². The van der Waals surface area contributed by atoms with Crippen molar-refractivity contribution in [3.05, 3.63) is 34.3 Å². The van der Waals surface area contributed by atoms with Crippen molar-refractivity contribution in [2.24, 2.45) is 5.92 Å². The standard InChI is InChI=1S/C13H15ClO3/c1-8(6-13(16)17)5-12(15)10-3-4-11(14)9(2)7-10/h3-4,7-8H,5-6H2,1-2H3,(H,16,17)/t8-/m1/s1. The minimum absolute atomic E-state index is 0.0122. The summed E-state index contributed by atoms with van der Waals surface area (Å²) in [5.74, 6) is -1.08. The Kier molecular flexibility index (Phi) is 4.70. The Bertz CT molecular complexity index is 440. The molecule has 1 N–H and O–H groups in total. The highest BCUT2D eigenvalue weighted by Crippen LogP contribution is 2.19. The number of aryl methyl sites for hydroxylation is 1.